The van der Waals surface area contributed by atoms with Crippen LogP contribution in [-0.2, 0) is 29.5 Å². The maximum Gasteiger partial charge on any atom is 0.356 e. The van der Waals surface area contributed by atoms with E-state index in [1.165, 1.54) is 4.68 Å². The van der Waals surface area contributed by atoms with Crippen LogP contribution < -0.4 is 4.74 Å². The van der Waals surface area contributed by atoms with E-state index in [9.17, 15) is 9.59 Å². The molecule has 1 aromatic heterocycles. The maximum absolute atomic E-state index is 12.5. The summed E-state index contributed by atoms with van der Waals surface area (Å²) in [5.41, 5.74) is 1.98. The minimum Gasteiger partial charge on any atom is -0.484 e. The summed E-state index contributed by atoms with van der Waals surface area (Å²) in [6.07, 6.45) is 0.593. The van der Waals surface area contributed by atoms with Crippen molar-refractivity contribution in [3.05, 3.63) is 46.2 Å². The fourth-order valence-corrected chi connectivity index (χ4v) is 3.06. The first kappa shape index (κ1) is 18.3. The van der Waals surface area contributed by atoms with Crippen LogP contribution in [0, 0.1) is 0 Å². The Balaban J connectivity index is 1.68. The number of hydrogen-bond donors (Lipinski definition) is 0. The Morgan fingerprint density at radius 2 is 2.00 bits per heavy atom. The molecule has 0 N–H and O–H groups in total. The number of hydrogen-bond acceptors (Lipinski definition) is 5. The Labute approximate surface area is 156 Å². The second-order valence-electron chi connectivity index (χ2n) is 5.93. The van der Waals surface area contributed by atoms with Crippen LogP contribution in [0.2, 0.25) is 5.02 Å². The molecule has 0 saturated heterocycles. The van der Waals surface area contributed by atoms with Crippen LogP contribution in [0.4, 0.5) is 0 Å². The molecule has 2 aromatic rings. The number of halogens is 1. The van der Waals surface area contributed by atoms with E-state index in [1.807, 2.05) is 0 Å². The van der Waals surface area contributed by atoms with Gasteiger partial charge in [-0.15, -0.1) is 0 Å². The van der Waals surface area contributed by atoms with Crippen molar-refractivity contribution in [2.24, 2.45) is 7.05 Å². The zero-order valence-corrected chi connectivity index (χ0v) is 15.5. The molecule has 1 aliphatic rings. The van der Waals surface area contributed by atoms with Crippen molar-refractivity contribution in [3.63, 3.8) is 0 Å². The smallest absolute Gasteiger partial charge is 0.356 e. The predicted molar refractivity (Wildman–Crippen MR) is 95.2 cm³/mol. The van der Waals surface area contributed by atoms with Gasteiger partial charge in [0.1, 0.15) is 5.75 Å². The molecule has 0 atom stereocenters. The molecule has 26 heavy (non-hydrogen) atoms. The quantitative estimate of drug-likeness (QED) is 0.747. The maximum atomic E-state index is 12.5. The molecule has 1 aromatic carbocycles. The second kappa shape index (κ2) is 7.78. The van der Waals surface area contributed by atoms with E-state index in [0.717, 1.165) is 11.3 Å². The molecule has 7 nitrogen and oxygen atoms in total. The number of nitrogens with zero attached hydrogens (tertiary/aromatic N) is 3. The molecule has 0 aliphatic carbocycles. The number of carbonyl (C=O) groups excluding carboxylic acids is 2. The van der Waals surface area contributed by atoms with E-state index in [4.69, 9.17) is 21.1 Å². The number of aromatic nitrogens is 2. The number of rotatable bonds is 5. The topological polar surface area (TPSA) is 73.7 Å². The minimum absolute atomic E-state index is 0.0774. The van der Waals surface area contributed by atoms with Crippen LogP contribution in [-0.4, -0.2) is 46.3 Å². The van der Waals surface area contributed by atoms with Gasteiger partial charge in [-0.2, -0.15) is 5.10 Å². The van der Waals surface area contributed by atoms with Gasteiger partial charge in [-0.25, -0.2) is 4.79 Å². The summed E-state index contributed by atoms with van der Waals surface area (Å²) in [5, 5.41) is 4.99. The van der Waals surface area contributed by atoms with Gasteiger partial charge >= 0.3 is 5.97 Å². The highest BCUT2D eigenvalue weighted by molar-refractivity contribution is 6.30. The highest BCUT2D eigenvalue weighted by Gasteiger charge is 2.30. The second-order valence-corrected chi connectivity index (χ2v) is 6.36. The van der Waals surface area contributed by atoms with E-state index in [0.29, 0.717) is 36.0 Å². The summed E-state index contributed by atoms with van der Waals surface area (Å²) in [6, 6.07) is 6.83. The lowest BCUT2D eigenvalue weighted by atomic mass is 10.1. The van der Waals surface area contributed by atoms with Crippen molar-refractivity contribution in [2.45, 2.75) is 19.9 Å². The molecule has 2 heterocycles. The van der Waals surface area contributed by atoms with Gasteiger partial charge in [0, 0.05) is 30.6 Å². The zero-order chi connectivity index (χ0) is 18.7. The lowest BCUT2D eigenvalue weighted by molar-refractivity contribution is -0.134. The van der Waals surface area contributed by atoms with Gasteiger partial charge in [-0.05, 0) is 31.2 Å². The number of ether oxygens (including phenoxy) is 2. The number of amides is 1. The molecule has 1 aliphatic heterocycles. The van der Waals surface area contributed by atoms with E-state index >= 15 is 0 Å². The van der Waals surface area contributed by atoms with Crippen LogP contribution in [0.1, 0.15) is 28.7 Å². The fourth-order valence-electron chi connectivity index (χ4n) is 2.94. The van der Waals surface area contributed by atoms with E-state index < -0.39 is 5.97 Å². The van der Waals surface area contributed by atoms with Gasteiger partial charge in [0.05, 0.1) is 18.8 Å². The Hall–Kier alpha value is -2.54. The van der Waals surface area contributed by atoms with Crippen LogP contribution in [0.5, 0.6) is 5.75 Å². The van der Waals surface area contributed by atoms with Gasteiger partial charge in [0.2, 0.25) is 0 Å². The molecule has 0 fully saturated rings. The third kappa shape index (κ3) is 3.83. The third-order valence-electron chi connectivity index (χ3n) is 4.19. The minimum atomic E-state index is -0.421. The molecule has 138 valence electrons. The summed E-state index contributed by atoms with van der Waals surface area (Å²) >= 11 is 5.83. The van der Waals surface area contributed by atoms with Gasteiger partial charge in [-0.3, -0.25) is 9.48 Å². The standard InChI is InChI=1S/C18H20ClN3O4/c1-3-25-18(24)17-14-10-22(9-8-15(14)20-21(17)2)16(23)11-26-13-6-4-12(19)5-7-13/h4-7H,3,8-11H2,1-2H3. The molecular formula is C18H20ClN3O4. The molecule has 0 bridgehead atoms. The van der Waals surface area contributed by atoms with Crippen molar-refractivity contribution >= 4 is 23.5 Å². The highest BCUT2D eigenvalue weighted by atomic mass is 35.5. The molecule has 3 rings (SSSR count). The largest absolute Gasteiger partial charge is 0.484 e. The molecule has 0 spiro atoms. The van der Waals surface area contributed by atoms with Crippen molar-refractivity contribution in [2.75, 3.05) is 19.8 Å². The number of esters is 1. The molecule has 0 radical (unpaired) electrons. The first-order valence-electron chi connectivity index (χ1n) is 8.37. The Morgan fingerprint density at radius 1 is 1.27 bits per heavy atom. The first-order chi connectivity index (χ1) is 12.5. The van der Waals surface area contributed by atoms with Gasteiger partial charge in [-0.1, -0.05) is 11.6 Å². The predicted octanol–water partition coefficient (Wildman–Crippen LogP) is 2.21. The average Bonchev–Trinajstić information content (AvgIpc) is 2.96. The highest BCUT2D eigenvalue weighted by Crippen LogP contribution is 2.23. The molecular weight excluding hydrogens is 358 g/mol. The first-order valence-corrected chi connectivity index (χ1v) is 8.75. The van der Waals surface area contributed by atoms with Crippen molar-refractivity contribution in [1.82, 2.24) is 14.7 Å². The van der Waals surface area contributed by atoms with Gasteiger partial charge in [0.15, 0.2) is 12.3 Å². The van der Waals surface area contributed by atoms with E-state index in [2.05, 4.69) is 5.10 Å². The van der Waals surface area contributed by atoms with Crippen molar-refractivity contribution in [3.8, 4) is 5.75 Å². The number of aryl methyl sites for hydroxylation is 1. The van der Waals surface area contributed by atoms with E-state index in [1.54, 1.807) is 43.1 Å². The van der Waals surface area contributed by atoms with Crippen molar-refractivity contribution in [1.29, 1.82) is 0 Å². The SMILES string of the molecule is CCOC(=O)c1c2c(nn1C)CCN(C(=O)COc1ccc(Cl)cc1)C2. The Kier molecular flexibility index (Phi) is 5.46. The molecule has 1 amide bonds. The van der Waals surface area contributed by atoms with Crippen molar-refractivity contribution < 1.29 is 19.1 Å². The van der Waals surface area contributed by atoms with Crippen LogP contribution >= 0.6 is 11.6 Å². The van der Waals surface area contributed by atoms with Crippen LogP contribution in [0.3, 0.4) is 0 Å². The molecule has 0 unspecified atom stereocenters. The summed E-state index contributed by atoms with van der Waals surface area (Å²) in [6.45, 7) is 2.82. The van der Waals surface area contributed by atoms with Gasteiger partial charge < -0.3 is 14.4 Å². The Bertz CT molecular complexity index is 817. The van der Waals surface area contributed by atoms with E-state index in [-0.39, 0.29) is 19.1 Å². The summed E-state index contributed by atoms with van der Waals surface area (Å²) < 4.78 is 12.2. The number of fused-ring (bicyclic) bond motifs is 1. The number of carbonyl (C=O) groups is 2. The normalized spacial score (nSPS) is 13.3. The summed E-state index contributed by atoms with van der Waals surface area (Å²) in [4.78, 5) is 26.4. The third-order valence-corrected chi connectivity index (χ3v) is 4.45. The Morgan fingerprint density at radius 3 is 2.69 bits per heavy atom. The fraction of sp³-hybridized carbons (Fsp3) is 0.389. The van der Waals surface area contributed by atoms with Crippen LogP contribution in [0.15, 0.2) is 24.3 Å². The average molecular weight is 378 g/mol. The zero-order valence-electron chi connectivity index (χ0n) is 14.7. The lowest BCUT2D eigenvalue weighted by Gasteiger charge is -2.26. The van der Waals surface area contributed by atoms with Crippen LogP contribution in [0.25, 0.3) is 0 Å². The summed E-state index contributed by atoms with van der Waals surface area (Å²) in [7, 11) is 1.71. The van der Waals surface area contributed by atoms with Gasteiger partial charge in [0.25, 0.3) is 5.91 Å². The lowest BCUT2D eigenvalue weighted by Crippen LogP contribution is -2.39. The summed E-state index contributed by atoms with van der Waals surface area (Å²) in [5.74, 6) is 0.00811. The molecule has 8 heteroatoms. The number of benzene rings is 1. The molecule has 0 saturated carbocycles. The monoisotopic (exact) mass is 377 g/mol.